The van der Waals surface area contributed by atoms with Crippen molar-refractivity contribution in [2.75, 3.05) is 19.8 Å². The van der Waals surface area contributed by atoms with E-state index in [0.29, 0.717) is 75.2 Å². The number of carbonyl (C=O) groups excluding carboxylic acids is 2. The molecule has 1 spiro atoms. The average molecular weight is 415 g/mol. The SMILES string of the molecule is CCC/C(C(=O)[C@H]1CCCCC1=O)=C(/N)c1nc2c(c(=O)[nH]1)CCOC21CCOC1. The van der Waals surface area contributed by atoms with E-state index in [9.17, 15) is 14.4 Å². The van der Waals surface area contributed by atoms with Gasteiger partial charge in [-0.25, -0.2) is 4.98 Å². The minimum absolute atomic E-state index is 0.0185. The van der Waals surface area contributed by atoms with Crippen molar-refractivity contribution in [2.45, 2.75) is 63.9 Å². The van der Waals surface area contributed by atoms with E-state index in [1.54, 1.807) is 0 Å². The summed E-state index contributed by atoms with van der Waals surface area (Å²) < 4.78 is 11.5. The largest absolute Gasteiger partial charge is 0.395 e. The Morgan fingerprint density at radius 2 is 2.10 bits per heavy atom. The smallest absolute Gasteiger partial charge is 0.254 e. The number of ether oxygens (including phenoxy) is 2. The van der Waals surface area contributed by atoms with Gasteiger partial charge in [0, 0.05) is 37.0 Å². The lowest BCUT2D eigenvalue weighted by molar-refractivity contribution is -0.132. The van der Waals surface area contributed by atoms with E-state index in [4.69, 9.17) is 15.2 Å². The van der Waals surface area contributed by atoms with E-state index in [1.807, 2.05) is 6.92 Å². The normalized spacial score (nSPS) is 27.1. The van der Waals surface area contributed by atoms with Crippen molar-refractivity contribution in [3.63, 3.8) is 0 Å². The third-order valence-electron chi connectivity index (χ3n) is 6.41. The van der Waals surface area contributed by atoms with Gasteiger partial charge in [0.15, 0.2) is 11.6 Å². The second-order valence-electron chi connectivity index (χ2n) is 8.41. The highest BCUT2D eigenvalue weighted by atomic mass is 16.6. The molecule has 0 aromatic carbocycles. The van der Waals surface area contributed by atoms with Crippen LogP contribution in [0.3, 0.4) is 0 Å². The van der Waals surface area contributed by atoms with Crippen LogP contribution in [0.15, 0.2) is 10.4 Å². The standard InChI is InChI=1S/C22H29N3O5/c1-2-5-14(18(27)13-6-3-4-7-16(13)26)17(23)20-24-19-15(21(28)25-20)8-10-30-22(19)9-11-29-12-22/h13H,2-12,23H2,1H3,(H,24,25,28)/b17-14-/t13-,22?/m0/s1. The van der Waals surface area contributed by atoms with Crippen molar-refractivity contribution in [1.82, 2.24) is 9.97 Å². The molecule has 1 aliphatic carbocycles. The van der Waals surface area contributed by atoms with Gasteiger partial charge in [-0.3, -0.25) is 14.4 Å². The summed E-state index contributed by atoms with van der Waals surface area (Å²) in [5.41, 5.74) is 7.11. The number of ketones is 2. The Balaban J connectivity index is 1.78. The Morgan fingerprint density at radius 3 is 2.80 bits per heavy atom. The molecule has 162 valence electrons. The van der Waals surface area contributed by atoms with Crippen LogP contribution in [-0.2, 0) is 31.1 Å². The van der Waals surface area contributed by atoms with E-state index in [0.717, 1.165) is 12.8 Å². The molecule has 3 N–H and O–H groups in total. The van der Waals surface area contributed by atoms with E-state index >= 15 is 0 Å². The number of hydrogen-bond acceptors (Lipinski definition) is 7. The van der Waals surface area contributed by atoms with Crippen molar-refractivity contribution >= 4 is 17.3 Å². The van der Waals surface area contributed by atoms with Gasteiger partial charge < -0.3 is 20.2 Å². The monoisotopic (exact) mass is 415 g/mol. The predicted molar refractivity (Wildman–Crippen MR) is 110 cm³/mol. The number of H-pyrrole nitrogens is 1. The zero-order valence-corrected chi connectivity index (χ0v) is 17.4. The Kier molecular flexibility index (Phi) is 5.88. The third kappa shape index (κ3) is 3.63. The fourth-order valence-electron chi connectivity index (χ4n) is 4.75. The number of fused-ring (bicyclic) bond motifs is 2. The molecule has 2 atom stereocenters. The summed E-state index contributed by atoms with van der Waals surface area (Å²) in [6.07, 6.45) is 4.89. The molecule has 2 fully saturated rings. The zero-order chi connectivity index (χ0) is 21.3. The molecule has 30 heavy (non-hydrogen) atoms. The lowest BCUT2D eigenvalue weighted by atomic mass is 9.81. The van der Waals surface area contributed by atoms with Gasteiger partial charge in [0.25, 0.3) is 5.56 Å². The highest BCUT2D eigenvalue weighted by molar-refractivity contribution is 6.13. The van der Waals surface area contributed by atoms with Crippen LogP contribution in [0.5, 0.6) is 0 Å². The quantitative estimate of drug-likeness (QED) is 0.554. The van der Waals surface area contributed by atoms with Crippen LogP contribution in [0.4, 0.5) is 0 Å². The van der Waals surface area contributed by atoms with Gasteiger partial charge in [-0.1, -0.05) is 19.8 Å². The molecule has 0 radical (unpaired) electrons. The van der Waals surface area contributed by atoms with Crippen LogP contribution < -0.4 is 11.3 Å². The van der Waals surface area contributed by atoms with Gasteiger partial charge in [-0.15, -0.1) is 0 Å². The molecule has 8 heteroatoms. The number of allylic oxidation sites excluding steroid dienone is 1. The number of aromatic nitrogens is 2. The fraction of sp³-hybridized carbons (Fsp3) is 0.636. The van der Waals surface area contributed by atoms with Gasteiger partial charge in [0.2, 0.25) is 0 Å². The summed E-state index contributed by atoms with van der Waals surface area (Å²) in [5, 5.41) is 0. The summed E-state index contributed by atoms with van der Waals surface area (Å²) in [6, 6.07) is 0. The van der Waals surface area contributed by atoms with Crippen LogP contribution in [0.1, 0.15) is 69.0 Å². The van der Waals surface area contributed by atoms with E-state index in [-0.39, 0.29) is 28.6 Å². The van der Waals surface area contributed by atoms with Gasteiger partial charge in [0.05, 0.1) is 30.5 Å². The van der Waals surface area contributed by atoms with Crippen LogP contribution >= 0.6 is 0 Å². The van der Waals surface area contributed by atoms with E-state index < -0.39 is 11.5 Å². The number of nitrogens with zero attached hydrogens (tertiary/aromatic N) is 1. The van der Waals surface area contributed by atoms with Gasteiger partial charge in [-0.2, -0.15) is 0 Å². The molecule has 3 heterocycles. The molecule has 3 aliphatic rings. The third-order valence-corrected chi connectivity index (χ3v) is 6.41. The second-order valence-corrected chi connectivity index (χ2v) is 8.41. The van der Waals surface area contributed by atoms with Crippen LogP contribution in [0.25, 0.3) is 5.70 Å². The average Bonchev–Trinajstić information content (AvgIpc) is 3.21. The van der Waals surface area contributed by atoms with Gasteiger partial charge in [-0.05, 0) is 19.3 Å². The molecule has 2 aliphatic heterocycles. The maximum absolute atomic E-state index is 13.2. The van der Waals surface area contributed by atoms with Crippen LogP contribution in [-0.4, -0.2) is 41.4 Å². The zero-order valence-electron chi connectivity index (χ0n) is 17.4. The highest BCUT2D eigenvalue weighted by Crippen LogP contribution is 2.38. The molecule has 1 saturated heterocycles. The maximum atomic E-state index is 13.2. The van der Waals surface area contributed by atoms with E-state index in [1.165, 1.54) is 0 Å². The first-order valence-electron chi connectivity index (χ1n) is 10.9. The van der Waals surface area contributed by atoms with Gasteiger partial charge >= 0.3 is 0 Å². The number of rotatable bonds is 5. The van der Waals surface area contributed by atoms with Crippen LogP contribution in [0.2, 0.25) is 0 Å². The first-order chi connectivity index (χ1) is 14.5. The van der Waals surface area contributed by atoms with Crippen molar-refractivity contribution in [2.24, 2.45) is 11.7 Å². The van der Waals surface area contributed by atoms with Gasteiger partial charge in [0.1, 0.15) is 11.4 Å². The van der Waals surface area contributed by atoms with Crippen molar-refractivity contribution in [1.29, 1.82) is 0 Å². The molecule has 1 aromatic rings. The molecular weight excluding hydrogens is 386 g/mol. The molecule has 0 amide bonds. The van der Waals surface area contributed by atoms with Crippen molar-refractivity contribution in [3.8, 4) is 0 Å². The molecule has 1 saturated carbocycles. The minimum atomic E-state index is -0.731. The van der Waals surface area contributed by atoms with Crippen LogP contribution in [0, 0.1) is 5.92 Å². The minimum Gasteiger partial charge on any atom is -0.395 e. The Morgan fingerprint density at radius 1 is 1.27 bits per heavy atom. The number of nitrogens with one attached hydrogen (secondary N) is 1. The Bertz CT molecular complexity index is 943. The summed E-state index contributed by atoms with van der Waals surface area (Å²) >= 11 is 0. The predicted octanol–water partition coefficient (Wildman–Crippen LogP) is 1.76. The van der Waals surface area contributed by atoms with Crippen molar-refractivity contribution in [3.05, 3.63) is 33.0 Å². The number of Topliss-reactive ketones (excluding diaryl/α,β-unsaturated/α-hetero) is 2. The summed E-state index contributed by atoms with van der Waals surface area (Å²) in [4.78, 5) is 45.8. The summed E-state index contributed by atoms with van der Waals surface area (Å²) in [6.45, 7) is 3.27. The number of nitrogens with two attached hydrogens (primary N) is 1. The highest BCUT2D eigenvalue weighted by Gasteiger charge is 2.44. The van der Waals surface area contributed by atoms with E-state index in [2.05, 4.69) is 9.97 Å². The Labute approximate surface area is 175 Å². The second kappa shape index (κ2) is 8.43. The topological polar surface area (TPSA) is 124 Å². The maximum Gasteiger partial charge on any atom is 0.254 e. The number of carbonyl (C=O) groups is 2. The number of aromatic amines is 1. The van der Waals surface area contributed by atoms with Crippen molar-refractivity contribution < 1.29 is 19.1 Å². The summed E-state index contributed by atoms with van der Waals surface area (Å²) in [5.74, 6) is -0.707. The number of hydrogen-bond donors (Lipinski definition) is 2. The molecule has 4 rings (SSSR count). The first kappa shape index (κ1) is 20.9. The fourth-order valence-corrected chi connectivity index (χ4v) is 4.75. The Hall–Kier alpha value is -2.32. The first-order valence-corrected chi connectivity index (χ1v) is 10.9. The molecule has 1 aromatic heterocycles. The lowest BCUT2D eigenvalue weighted by Crippen LogP contribution is -2.41. The molecule has 8 nitrogen and oxygen atoms in total. The molecular formula is C22H29N3O5. The lowest BCUT2D eigenvalue weighted by Gasteiger charge is -2.33. The molecule has 0 bridgehead atoms. The summed E-state index contributed by atoms with van der Waals surface area (Å²) in [7, 11) is 0. The molecule has 1 unspecified atom stereocenters.